The summed E-state index contributed by atoms with van der Waals surface area (Å²) in [4.78, 5) is 30.0. The molecule has 6 nitrogen and oxygen atoms in total. The molecule has 1 aliphatic carbocycles. The van der Waals surface area contributed by atoms with Gasteiger partial charge in [-0.15, -0.1) is 0 Å². The first-order valence-corrected chi connectivity index (χ1v) is 13.5. The first-order valence-electron chi connectivity index (χ1n) is 12.8. The molecule has 0 radical (unpaired) electrons. The zero-order valence-corrected chi connectivity index (χ0v) is 24.1. The normalized spacial score (nSPS) is 22.8. The fraction of sp³-hybridized carbons (Fsp3) is 0.517. The van der Waals surface area contributed by atoms with Gasteiger partial charge >= 0.3 is 5.97 Å². The zero-order valence-electron chi connectivity index (χ0n) is 22.6. The molecule has 0 bridgehead atoms. The van der Waals surface area contributed by atoms with E-state index in [4.69, 9.17) is 33.7 Å². The fourth-order valence-corrected chi connectivity index (χ4v) is 6.37. The third kappa shape index (κ3) is 5.28. The summed E-state index contributed by atoms with van der Waals surface area (Å²) in [6, 6.07) is 8.22. The van der Waals surface area contributed by atoms with Gasteiger partial charge in [0.15, 0.2) is 0 Å². The first kappa shape index (κ1) is 27.6. The van der Waals surface area contributed by atoms with Gasteiger partial charge in [-0.05, 0) is 47.3 Å². The standard InChI is InChI=1S/C29H37Cl2N3O3/c1-15-12-18(28(2,3)4)24(19(13-15)29(5,6)7)37-27(36)23-22(16-8-10-17(30)11-9-16)25(31)34-21(35)14-20(32)33-26(23)34/h8-11,14-15,18-19,24,33H,12-13,32H2,1-7H3. The summed E-state index contributed by atoms with van der Waals surface area (Å²) in [5, 5.41) is 0.660. The SMILES string of the molecule is CC1CC(C(C)(C)C)C(OC(=O)c2c(-c3ccc(Cl)cc3)c(Cl)n3c(=O)cc(N)[nH]c23)C(C(C)(C)C)C1. The van der Waals surface area contributed by atoms with Crippen LogP contribution in [-0.2, 0) is 4.74 Å². The number of aromatic amines is 1. The minimum atomic E-state index is -0.529. The zero-order chi connectivity index (χ0) is 27.4. The maximum absolute atomic E-state index is 14.2. The van der Waals surface area contributed by atoms with E-state index in [1.54, 1.807) is 24.3 Å². The van der Waals surface area contributed by atoms with Crippen LogP contribution in [0.25, 0.3) is 16.8 Å². The van der Waals surface area contributed by atoms with Gasteiger partial charge in [0.05, 0.1) is 0 Å². The highest BCUT2D eigenvalue weighted by Gasteiger charge is 2.48. The van der Waals surface area contributed by atoms with Gasteiger partial charge in [0, 0.05) is 28.5 Å². The van der Waals surface area contributed by atoms with E-state index >= 15 is 0 Å². The Morgan fingerprint density at radius 2 is 1.57 bits per heavy atom. The average Bonchev–Trinajstić information content (AvgIpc) is 3.06. The number of carbonyl (C=O) groups is 1. The van der Waals surface area contributed by atoms with Crippen molar-refractivity contribution in [3.05, 3.63) is 56.4 Å². The van der Waals surface area contributed by atoms with Crippen LogP contribution in [-0.4, -0.2) is 21.5 Å². The van der Waals surface area contributed by atoms with E-state index in [0.29, 0.717) is 22.1 Å². The van der Waals surface area contributed by atoms with Crippen molar-refractivity contribution in [1.82, 2.24) is 9.38 Å². The average molecular weight is 547 g/mol. The summed E-state index contributed by atoms with van der Waals surface area (Å²) in [5.74, 6) is 0.455. The van der Waals surface area contributed by atoms with Gasteiger partial charge in [0.2, 0.25) is 0 Å². The van der Waals surface area contributed by atoms with Crippen LogP contribution in [0.15, 0.2) is 35.1 Å². The van der Waals surface area contributed by atoms with Crippen LogP contribution in [0.5, 0.6) is 0 Å². The molecule has 37 heavy (non-hydrogen) atoms. The number of nitrogens with one attached hydrogen (secondary N) is 1. The highest BCUT2D eigenvalue weighted by Crippen LogP contribution is 2.50. The molecule has 200 valence electrons. The van der Waals surface area contributed by atoms with Gasteiger partial charge < -0.3 is 15.5 Å². The number of nitrogens with two attached hydrogens (primary N) is 1. The van der Waals surface area contributed by atoms with Crippen LogP contribution in [0.2, 0.25) is 10.2 Å². The lowest BCUT2D eigenvalue weighted by molar-refractivity contribution is -0.0922. The number of nitrogen functional groups attached to an aromatic ring is 1. The van der Waals surface area contributed by atoms with Crippen molar-refractivity contribution in [2.75, 3.05) is 5.73 Å². The number of benzene rings is 1. The van der Waals surface area contributed by atoms with Crippen LogP contribution in [0.3, 0.4) is 0 Å². The smallest absolute Gasteiger partial charge is 0.342 e. The number of aromatic nitrogens is 2. The molecule has 2 aromatic heterocycles. The minimum absolute atomic E-state index is 0.0681. The van der Waals surface area contributed by atoms with E-state index in [-0.39, 0.29) is 51.0 Å². The number of hydrogen-bond donors (Lipinski definition) is 2. The van der Waals surface area contributed by atoms with Crippen LogP contribution in [0, 0.1) is 28.6 Å². The lowest BCUT2D eigenvalue weighted by Crippen LogP contribution is -2.49. The van der Waals surface area contributed by atoms with E-state index in [1.165, 1.54) is 10.5 Å². The maximum Gasteiger partial charge on any atom is 0.342 e. The number of nitrogens with zero attached hydrogens (tertiary/aromatic N) is 1. The number of halogens is 2. The first-order chi connectivity index (χ1) is 17.1. The Bertz CT molecular complexity index is 1350. The maximum atomic E-state index is 14.2. The van der Waals surface area contributed by atoms with Gasteiger partial charge in [0.25, 0.3) is 5.56 Å². The highest BCUT2D eigenvalue weighted by atomic mass is 35.5. The monoisotopic (exact) mass is 545 g/mol. The molecule has 2 atom stereocenters. The number of carbonyl (C=O) groups excluding carboxylic acids is 1. The predicted molar refractivity (Wildman–Crippen MR) is 151 cm³/mol. The molecule has 0 spiro atoms. The van der Waals surface area contributed by atoms with Crippen molar-refractivity contribution < 1.29 is 9.53 Å². The van der Waals surface area contributed by atoms with Crippen molar-refractivity contribution in [3.8, 4) is 11.1 Å². The molecule has 1 aromatic carbocycles. The third-order valence-electron chi connectivity index (χ3n) is 7.79. The lowest BCUT2D eigenvalue weighted by Gasteiger charge is -2.50. The largest absolute Gasteiger partial charge is 0.458 e. The number of H-pyrrole nitrogens is 1. The molecule has 1 fully saturated rings. The van der Waals surface area contributed by atoms with Crippen molar-refractivity contribution in [2.24, 2.45) is 28.6 Å². The predicted octanol–water partition coefficient (Wildman–Crippen LogP) is 7.46. The Hall–Kier alpha value is -2.44. The molecule has 1 saturated carbocycles. The summed E-state index contributed by atoms with van der Waals surface area (Å²) in [6.45, 7) is 15.5. The highest BCUT2D eigenvalue weighted by molar-refractivity contribution is 6.34. The fourth-order valence-electron chi connectivity index (χ4n) is 5.87. The summed E-state index contributed by atoms with van der Waals surface area (Å²) >= 11 is 12.9. The van der Waals surface area contributed by atoms with Crippen molar-refractivity contribution in [2.45, 2.75) is 67.4 Å². The molecule has 1 aliphatic rings. The molecule has 3 aromatic rings. The second kappa shape index (κ2) is 9.70. The van der Waals surface area contributed by atoms with Gasteiger partial charge in [0.1, 0.15) is 28.3 Å². The molecule has 0 saturated heterocycles. The van der Waals surface area contributed by atoms with Crippen molar-refractivity contribution in [1.29, 1.82) is 0 Å². The number of hydrogen-bond acceptors (Lipinski definition) is 4. The molecular formula is C29H37Cl2N3O3. The number of esters is 1. The van der Waals surface area contributed by atoms with Gasteiger partial charge in [-0.25, -0.2) is 4.79 Å². The van der Waals surface area contributed by atoms with Crippen LogP contribution in [0.1, 0.15) is 71.7 Å². The molecular weight excluding hydrogens is 509 g/mol. The van der Waals surface area contributed by atoms with E-state index < -0.39 is 11.5 Å². The van der Waals surface area contributed by atoms with Gasteiger partial charge in [-0.3, -0.25) is 9.20 Å². The number of ether oxygens (including phenoxy) is 1. The second-order valence-corrected chi connectivity index (χ2v) is 13.5. The van der Waals surface area contributed by atoms with Crippen molar-refractivity contribution >= 4 is 40.6 Å². The molecule has 8 heteroatoms. The van der Waals surface area contributed by atoms with Crippen LogP contribution >= 0.6 is 23.2 Å². The second-order valence-electron chi connectivity index (χ2n) is 12.7. The molecule has 0 aliphatic heterocycles. The van der Waals surface area contributed by atoms with Gasteiger partial charge in [-0.2, -0.15) is 0 Å². The molecule has 0 amide bonds. The Balaban J connectivity index is 1.91. The Labute approximate surface area is 228 Å². The van der Waals surface area contributed by atoms with Crippen molar-refractivity contribution in [3.63, 3.8) is 0 Å². The van der Waals surface area contributed by atoms with Crippen LogP contribution in [0.4, 0.5) is 5.82 Å². The molecule has 4 rings (SSSR count). The van der Waals surface area contributed by atoms with E-state index in [2.05, 4.69) is 53.5 Å². The van der Waals surface area contributed by atoms with Gasteiger partial charge in [-0.1, -0.05) is 83.8 Å². The number of fused-ring (bicyclic) bond motifs is 1. The quantitative estimate of drug-likeness (QED) is 0.334. The van der Waals surface area contributed by atoms with E-state index in [9.17, 15) is 9.59 Å². The molecule has 3 N–H and O–H groups in total. The summed E-state index contributed by atoms with van der Waals surface area (Å²) in [6.07, 6.45) is 1.64. The Kier molecular flexibility index (Phi) is 7.23. The number of rotatable bonds is 3. The van der Waals surface area contributed by atoms with E-state index in [1.807, 2.05) is 0 Å². The summed E-state index contributed by atoms with van der Waals surface area (Å²) in [7, 11) is 0. The third-order valence-corrected chi connectivity index (χ3v) is 8.40. The van der Waals surface area contributed by atoms with Crippen LogP contribution < -0.4 is 11.3 Å². The minimum Gasteiger partial charge on any atom is -0.458 e. The van der Waals surface area contributed by atoms with E-state index in [0.717, 1.165) is 12.8 Å². The lowest BCUT2D eigenvalue weighted by atomic mass is 9.59. The molecule has 2 heterocycles. The summed E-state index contributed by atoms with van der Waals surface area (Å²) < 4.78 is 7.76. The Morgan fingerprint density at radius 3 is 2.08 bits per heavy atom. The Morgan fingerprint density at radius 1 is 1.03 bits per heavy atom. The topological polar surface area (TPSA) is 89.6 Å². The molecule has 2 unspecified atom stereocenters. The summed E-state index contributed by atoms with van der Waals surface area (Å²) in [5.41, 5.74) is 6.88. The number of anilines is 1.